The molecule has 0 aromatic heterocycles. The van der Waals surface area contributed by atoms with Crippen molar-refractivity contribution in [3.8, 4) is 0 Å². The maximum absolute atomic E-state index is 12.0. The smallest absolute Gasteiger partial charge is 0.410 e. The molecule has 2 aliphatic heterocycles. The van der Waals surface area contributed by atoms with E-state index in [-0.39, 0.29) is 12.1 Å². The lowest BCUT2D eigenvalue weighted by molar-refractivity contribution is -0.0846. The molecule has 7 heteroatoms. The van der Waals surface area contributed by atoms with Gasteiger partial charge in [-0.3, -0.25) is 4.90 Å². The quantitative estimate of drug-likeness (QED) is 0.711. The highest BCUT2D eigenvalue weighted by atomic mass is 16.6. The molecule has 1 N–H and O–H groups in total. The first kappa shape index (κ1) is 13.9. The third-order valence-electron chi connectivity index (χ3n) is 3.14. The summed E-state index contributed by atoms with van der Waals surface area (Å²) < 4.78 is 10.7. The van der Waals surface area contributed by atoms with Crippen LogP contribution in [0.25, 0.3) is 0 Å². The van der Waals surface area contributed by atoms with Gasteiger partial charge in [-0.1, -0.05) is 0 Å². The minimum Gasteiger partial charge on any atom is -0.465 e. The number of hydrogen-bond donors (Lipinski definition) is 1. The van der Waals surface area contributed by atoms with Gasteiger partial charge < -0.3 is 19.5 Å². The van der Waals surface area contributed by atoms with Gasteiger partial charge in [-0.2, -0.15) is 0 Å². The lowest BCUT2D eigenvalue weighted by atomic mass is 10.1. The Balaban J connectivity index is 2.05. The molecule has 2 saturated heterocycles. The second-order valence-electron chi connectivity index (χ2n) is 5.92. The number of amides is 2. The molecule has 2 atom stereocenters. The summed E-state index contributed by atoms with van der Waals surface area (Å²) in [5.41, 5.74) is -0.549. The van der Waals surface area contributed by atoms with E-state index in [4.69, 9.17) is 9.47 Å². The molecule has 2 unspecified atom stereocenters. The Hall–Kier alpha value is -1.50. The molecule has 0 aliphatic carbocycles. The van der Waals surface area contributed by atoms with Crippen molar-refractivity contribution in [2.75, 3.05) is 26.3 Å². The molecule has 0 radical (unpaired) electrons. The Kier molecular flexibility index (Phi) is 3.58. The summed E-state index contributed by atoms with van der Waals surface area (Å²) in [6, 6.07) is -0.616. The van der Waals surface area contributed by atoms with Crippen LogP contribution in [0.5, 0.6) is 0 Å². The molecule has 0 aromatic carbocycles. The minimum absolute atomic E-state index is 0.308. The Morgan fingerprint density at radius 1 is 1.21 bits per heavy atom. The van der Waals surface area contributed by atoms with Crippen LogP contribution in [0.4, 0.5) is 9.59 Å². The van der Waals surface area contributed by atoms with Crippen molar-refractivity contribution in [2.45, 2.75) is 38.5 Å². The van der Waals surface area contributed by atoms with Crippen molar-refractivity contribution in [1.29, 1.82) is 0 Å². The molecule has 2 amide bonds. The zero-order valence-electron chi connectivity index (χ0n) is 11.5. The number of fused-ring (bicyclic) bond motifs is 2. The first-order chi connectivity index (χ1) is 8.78. The third kappa shape index (κ3) is 3.09. The van der Waals surface area contributed by atoms with Crippen LogP contribution in [0.3, 0.4) is 0 Å². The molecular weight excluding hydrogens is 252 g/mol. The third-order valence-corrected chi connectivity index (χ3v) is 3.14. The Morgan fingerprint density at radius 2 is 1.74 bits per heavy atom. The molecule has 0 spiro atoms. The second kappa shape index (κ2) is 4.88. The van der Waals surface area contributed by atoms with Gasteiger partial charge in [0.05, 0.1) is 25.3 Å². The van der Waals surface area contributed by atoms with Crippen molar-refractivity contribution in [3.63, 3.8) is 0 Å². The molecule has 108 valence electrons. The molecule has 2 bridgehead atoms. The number of ether oxygens (including phenoxy) is 2. The molecule has 0 saturated carbocycles. The molecule has 0 aromatic rings. The topological polar surface area (TPSA) is 79.3 Å². The number of carboxylic acid groups (broad SMARTS) is 1. The van der Waals surface area contributed by atoms with Crippen molar-refractivity contribution >= 4 is 12.2 Å². The van der Waals surface area contributed by atoms with Crippen molar-refractivity contribution in [3.05, 3.63) is 0 Å². The summed E-state index contributed by atoms with van der Waals surface area (Å²) in [6.45, 7) is 6.70. The summed E-state index contributed by atoms with van der Waals surface area (Å²) in [6.07, 6.45) is -1.35. The van der Waals surface area contributed by atoms with Gasteiger partial charge in [0.2, 0.25) is 0 Å². The summed E-state index contributed by atoms with van der Waals surface area (Å²) in [4.78, 5) is 26.2. The number of hydrogen-bond acceptors (Lipinski definition) is 4. The lowest BCUT2D eigenvalue weighted by Gasteiger charge is -2.48. The van der Waals surface area contributed by atoms with E-state index in [1.54, 1.807) is 4.90 Å². The van der Waals surface area contributed by atoms with E-state index < -0.39 is 17.8 Å². The Morgan fingerprint density at radius 3 is 2.16 bits per heavy atom. The number of rotatable bonds is 0. The molecule has 19 heavy (non-hydrogen) atoms. The maximum Gasteiger partial charge on any atom is 0.410 e. The van der Waals surface area contributed by atoms with Gasteiger partial charge >= 0.3 is 12.2 Å². The van der Waals surface area contributed by atoms with Crippen molar-refractivity contribution < 1.29 is 24.2 Å². The highest BCUT2D eigenvalue weighted by molar-refractivity contribution is 5.70. The van der Waals surface area contributed by atoms with Gasteiger partial charge in [0.1, 0.15) is 5.60 Å². The van der Waals surface area contributed by atoms with Gasteiger partial charge in [0, 0.05) is 13.1 Å². The Bertz CT molecular complexity index is 365. The van der Waals surface area contributed by atoms with E-state index in [0.29, 0.717) is 26.3 Å². The number of nitrogens with zero attached hydrogens (tertiary/aromatic N) is 2. The summed E-state index contributed by atoms with van der Waals surface area (Å²) >= 11 is 0. The van der Waals surface area contributed by atoms with E-state index in [1.165, 1.54) is 4.90 Å². The zero-order chi connectivity index (χ0) is 14.2. The fourth-order valence-electron chi connectivity index (χ4n) is 2.45. The Labute approximate surface area is 112 Å². The van der Waals surface area contributed by atoms with Crippen LogP contribution in [0.15, 0.2) is 0 Å². The molecular formula is C12H20N2O5. The zero-order valence-corrected chi connectivity index (χ0v) is 11.5. The maximum atomic E-state index is 12.0. The van der Waals surface area contributed by atoms with Crippen LogP contribution >= 0.6 is 0 Å². The van der Waals surface area contributed by atoms with Gasteiger partial charge in [-0.05, 0) is 20.8 Å². The molecule has 2 heterocycles. The number of carbonyl (C=O) groups excluding carboxylic acids is 1. The van der Waals surface area contributed by atoms with Gasteiger partial charge in [0.25, 0.3) is 0 Å². The highest BCUT2D eigenvalue weighted by Gasteiger charge is 2.43. The largest absolute Gasteiger partial charge is 0.465 e. The molecule has 7 nitrogen and oxygen atoms in total. The van der Waals surface area contributed by atoms with Crippen molar-refractivity contribution in [2.24, 2.45) is 0 Å². The summed E-state index contributed by atoms with van der Waals surface area (Å²) in [5.74, 6) is 0. The number of piperazine rings is 1. The normalized spacial score (nSPS) is 27.1. The first-order valence-electron chi connectivity index (χ1n) is 6.35. The number of carbonyl (C=O) groups is 2. The predicted octanol–water partition coefficient (Wildman–Crippen LogP) is 0.984. The van der Waals surface area contributed by atoms with Gasteiger partial charge in [0.15, 0.2) is 0 Å². The predicted molar refractivity (Wildman–Crippen MR) is 66.1 cm³/mol. The molecule has 2 rings (SSSR count). The number of morpholine rings is 1. The summed E-state index contributed by atoms with van der Waals surface area (Å²) in [5, 5.41) is 9.19. The van der Waals surface area contributed by atoms with E-state index in [0.717, 1.165) is 0 Å². The van der Waals surface area contributed by atoms with Gasteiger partial charge in [-0.15, -0.1) is 0 Å². The van der Waals surface area contributed by atoms with Crippen LogP contribution in [0.2, 0.25) is 0 Å². The van der Waals surface area contributed by atoms with Crippen LogP contribution < -0.4 is 0 Å². The summed E-state index contributed by atoms with van der Waals surface area (Å²) in [7, 11) is 0. The second-order valence-corrected chi connectivity index (χ2v) is 5.92. The average molecular weight is 272 g/mol. The first-order valence-corrected chi connectivity index (χ1v) is 6.35. The van der Waals surface area contributed by atoms with Crippen molar-refractivity contribution in [1.82, 2.24) is 9.80 Å². The van der Waals surface area contributed by atoms with Gasteiger partial charge in [-0.25, -0.2) is 9.59 Å². The van der Waals surface area contributed by atoms with Crippen LogP contribution in [0.1, 0.15) is 20.8 Å². The van der Waals surface area contributed by atoms with Crippen LogP contribution in [-0.2, 0) is 9.47 Å². The highest BCUT2D eigenvalue weighted by Crippen LogP contribution is 2.23. The van der Waals surface area contributed by atoms with Crippen LogP contribution in [-0.4, -0.2) is 71.1 Å². The average Bonchev–Trinajstić information content (AvgIpc) is 2.24. The van der Waals surface area contributed by atoms with E-state index >= 15 is 0 Å². The lowest BCUT2D eigenvalue weighted by Crippen LogP contribution is -2.66. The molecule has 2 fully saturated rings. The molecule has 2 aliphatic rings. The van der Waals surface area contributed by atoms with E-state index in [2.05, 4.69) is 0 Å². The van der Waals surface area contributed by atoms with Crippen LogP contribution in [0, 0.1) is 0 Å². The minimum atomic E-state index is -0.956. The fourth-order valence-corrected chi connectivity index (χ4v) is 2.45. The van der Waals surface area contributed by atoms with E-state index in [9.17, 15) is 14.7 Å². The fraction of sp³-hybridized carbons (Fsp3) is 0.833. The standard InChI is InChI=1S/C12H20N2O5/c1-12(2,3)19-11(17)13-4-8-6-18-7-9(5-13)14(8)10(15)16/h8-9H,4-7H2,1-3H3,(H,15,16). The monoisotopic (exact) mass is 272 g/mol. The SMILES string of the molecule is CC(C)(C)OC(=O)N1CC2COCC(C1)N2C(=O)O. The van der Waals surface area contributed by atoms with E-state index in [1.807, 2.05) is 20.8 Å².